The van der Waals surface area contributed by atoms with Crippen molar-refractivity contribution in [3.63, 3.8) is 0 Å². The highest BCUT2D eigenvalue weighted by atomic mass is 16.5. The fourth-order valence-corrected chi connectivity index (χ4v) is 1.99. The number of urea groups is 1. The zero-order valence-electron chi connectivity index (χ0n) is 12.5. The van der Waals surface area contributed by atoms with Crippen LogP contribution in [0, 0.1) is 13.8 Å². The number of hydrogen-bond acceptors (Lipinski definition) is 3. The molecule has 2 aromatic rings. The molecule has 0 bridgehead atoms. The van der Waals surface area contributed by atoms with E-state index < -0.39 is 0 Å². The van der Waals surface area contributed by atoms with E-state index in [1.54, 1.807) is 24.0 Å². The summed E-state index contributed by atoms with van der Waals surface area (Å²) in [6.07, 6.45) is 1.76. The van der Waals surface area contributed by atoms with Gasteiger partial charge in [0.15, 0.2) is 5.82 Å². The highest BCUT2D eigenvalue weighted by Gasteiger charge is 2.05. The van der Waals surface area contributed by atoms with E-state index in [2.05, 4.69) is 15.7 Å². The van der Waals surface area contributed by atoms with E-state index in [-0.39, 0.29) is 6.03 Å². The molecule has 0 saturated heterocycles. The van der Waals surface area contributed by atoms with E-state index in [1.165, 1.54) is 0 Å². The Labute approximate surface area is 124 Å². The van der Waals surface area contributed by atoms with E-state index in [9.17, 15) is 4.79 Å². The predicted octanol–water partition coefficient (Wildman–Crippen LogP) is 2.24. The maximum absolute atomic E-state index is 11.6. The number of hydrogen-bond donors (Lipinski definition) is 2. The van der Waals surface area contributed by atoms with Crippen molar-refractivity contribution in [2.75, 3.05) is 18.5 Å². The van der Waals surface area contributed by atoms with E-state index in [0.717, 1.165) is 16.9 Å². The van der Waals surface area contributed by atoms with Crippen LogP contribution in [0.25, 0.3) is 0 Å². The first kappa shape index (κ1) is 14.9. The van der Waals surface area contributed by atoms with Crippen molar-refractivity contribution in [3.8, 4) is 5.75 Å². The first-order chi connectivity index (χ1) is 10.1. The molecule has 0 aliphatic carbocycles. The Morgan fingerprint density at radius 1 is 1.29 bits per heavy atom. The molecule has 21 heavy (non-hydrogen) atoms. The predicted molar refractivity (Wildman–Crippen MR) is 81.6 cm³/mol. The van der Waals surface area contributed by atoms with Crippen LogP contribution in [-0.2, 0) is 7.05 Å². The van der Waals surface area contributed by atoms with Gasteiger partial charge in [0.05, 0.1) is 6.54 Å². The number of nitrogens with one attached hydrogen (secondary N) is 2. The third-order valence-corrected chi connectivity index (χ3v) is 3.00. The normalized spacial score (nSPS) is 10.2. The van der Waals surface area contributed by atoms with Crippen molar-refractivity contribution in [1.29, 1.82) is 0 Å². The molecule has 2 rings (SSSR count). The number of para-hydroxylation sites is 1. The molecule has 6 nitrogen and oxygen atoms in total. The molecule has 2 N–H and O–H groups in total. The molecule has 1 aromatic heterocycles. The number of aromatic nitrogens is 2. The summed E-state index contributed by atoms with van der Waals surface area (Å²) < 4.78 is 7.33. The van der Waals surface area contributed by atoms with Gasteiger partial charge in [0.2, 0.25) is 0 Å². The molecule has 6 heteroatoms. The number of carbonyl (C=O) groups excluding carboxylic acids is 1. The van der Waals surface area contributed by atoms with Crippen LogP contribution in [0.1, 0.15) is 11.1 Å². The number of benzene rings is 1. The number of amides is 2. The lowest BCUT2D eigenvalue weighted by Crippen LogP contribution is -2.32. The van der Waals surface area contributed by atoms with E-state index >= 15 is 0 Å². The lowest BCUT2D eigenvalue weighted by molar-refractivity contribution is 0.247. The molecule has 0 unspecified atom stereocenters. The maximum Gasteiger partial charge on any atom is 0.320 e. The van der Waals surface area contributed by atoms with Gasteiger partial charge in [-0.2, -0.15) is 5.10 Å². The summed E-state index contributed by atoms with van der Waals surface area (Å²) in [6, 6.07) is 7.44. The molecule has 0 fully saturated rings. The van der Waals surface area contributed by atoms with Gasteiger partial charge in [-0.3, -0.25) is 10.00 Å². The van der Waals surface area contributed by atoms with E-state index in [0.29, 0.717) is 19.0 Å². The average molecular weight is 288 g/mol. The molecule has 1 aromatic carbocycles. The molecule has 0 saturated carbocycles. The van der Waals surface area contributed by atoms with Crippen LogP contribution in [0.2, 0.25) is 0 Å². The number of nitrogens with zero attached hydrogens (tertiary/aromatic N) is 2. The molecule has 0 spiro atoms. The van der Waals surface area contributed by atoms with Crippen molar-refractivity contribution in [3.05, 3.63) is 41.6 Å². The average Bonchev–Trinajstić information content (AvgIpc) is 2.82. The zero-order chi connectivity index (χ0) is 15.2. The van der Waals surface area contributed by atoms with Crippen molar-refractivity contribution in [2.24, 2.45) is 7.05 Å². The summed E-state index contributed by atoms with van der Waals surface area (Å²) in [6.45, 7) is 4.85. The topological polar surface area (TPSA) is 68.2 Å². The summed E-state index contributed by atoms with van der Waals surface area (Å²) in [5.74, 6) is 1.40. The Kier molecular flexibility index (Phi) is 4.81. The molecular weight excluding hydrogens is 268 g/mol. The van der Waals surface area contributed by atoms with Gasteiger partial charge in [-0.25, -0.2) is 4.79 Å². The minimum Gasteiger partial charge on any atom is -0.491 e. The van der Waals surface area contributed by atoms with Crippen LogP contribution < -0.4 is 15.4 Å². The van der Waals surface area contributed by atoms with Crippen LogP contribution in [0.4, 0.5) is 10.6 Å². The van der Waals surface area contributed by atoms with Crippen LogP contribution in [0.3, 0.4) is 0 Å². The summed E-state index contributed by atoms with van der Waals surface area (Å²) in [7, 11) is 1.79. The Bertz CT molecular complexity index is 602. The highest BCUT2D eigenvalue weighted by molar-refractivity contribution is 5.88. The van der Waals surface area contributed by atoms with Gasteiger partial charge in [-0.15, -0.1) is 0 Å². The van der Waals surface area contributed by atoms with E-state index in [4.69, 9.17) is 4.74 Å². The van der Waals surface area contributed by atoms with Crippen LogP contribution >= 0.6 is 0 Å². The summed E-state index contributed by atoms with van der Waals surface area (Å²) in [4.78, 5) is 11.6. The van der Waals surface area contributed by atoms with Gasteiger partial charge >= 0.3 is 6.03 Å². The van der Waals surface area contributed by atoms with Crippen LogP contribution in [0.15, 0.2) is 30.5 Å². The van der Waals surface area contributed by atoms with Crippen LogP contribution in [-0.4, -0.2) is 29.0 Å². The molecular formula is C15H20N4O2. The molecule has 1 heterocycles. The van der Waals surface area contributed by atoms with Crippen molar-refractivity contribution in [1.82, 2.24) is 15.1 Å². The first-order valence-corrected chi connectivity index (χ1v) is 6.80. The standard InChI is InChI=1S/C15H20N4O2/c1-11-5-4-6-12(2)14(11)21-10-8-16-15(20)17-13-7-9-19(3)18-13/h4-7,9H,8,10H2,1-3H3,(H2,16,17,18,20). The van der Waals surface area contributed by atoms with Gasteiger partial charge in [0, 0.05) is 19.3 Å². The van der Waals surface area contributed by atoms with E-state index in [1.807, 2.05) is 32.0 Å². The lowest BCUT2D eigenvalue weighted by atomic mass is 10.1. The summed E-state index contributed by atoms with van der Waals surface area (Å²) in [5.41, 5.74) is 2.18. The van der Waals surface area contributed by atoms with Gasteiger partial charge in [0.25, 0.3) is 0 Å². The van der Waals surface area contributed by atoms with Gasteiger partial charge in [-0.1, -0.05) is 18.2 Å². The third kappa shape index (κ3) is 4.24. The lowest BCUT2D eigenvalue weighted by Gasteiger charge is -2.12. The maximum atomic E-state index is 11.6. The fourth-order valence-electron chi connectivity index (χ4n) is 1.99. The summed E-state index contributed by atoms with van der Waals surface area (Å²) in [5, 5.41) is 9.44. The minimum atomic E-state index is -0.293. The number of anilines is 1. The molecule has 112 valence electrons. The minimum absolute atomic E-state index is 0.293. The second kappa shape index (κ2) is 6.78. The Morgan fingerprint density at radius 3 is 2.62 bits per heavy atom. The molecule has 0 aliphatic rings. The number of ether oxygens (including phenoxy) is 1. The third-order valence-electron chi connectivity index (χ3n) is 3.00. The largest absolute Gasteiger partial charge is 0.491 e. The molecule has 0 aliphatic heterocycles. The van der Waals surface area contributed by atoms with Crippen molar-refractivity contribution >= 4 is 11.8 Å². The number of carbonyl (C=O) groups is 1. The smallest absolute Gasteiger partial charge is 0.320 e. The SMILES string of the molecule is Cc1cccc(C)c1OCCNC(=O)Nc1ccn(C)n1. The second-order valence-corrected chi connectivity index (χ2v) is 4.82. The first-order valence-electron chi connectivity index (χ1n) is 6.80. The Balaban J connectivity index is 1.73. The second-order valence-electron chi connectivity index (χ2n) is 4.82. The monoisotopic (exact) mass is 288 g/mol. The van der Waals surface area contributed by atoms with Crippen molar-refractivity contribution in [2.45, 2.75) is 13.8 Å². The zero-order valence-corrected chi connectivity index (χ0v) is 12.5. The number of rotatable bonds is 5. The molecule has 2 amide bonds. The summed E-state index contributed by atoms with van der Waals surface area (Å²) >= 11 is 0. The van der Waals surface area contributed by atoms with Crippen molar-refractivity contribution < 1.29 is 9.53 Å². The van der Waals surface area contributed by atoms with Gasteiger partial charge in [-0.05, 0) is 25.0 Å². The Morgan fingerprint density at radius 2 is 2.00 bits per heavy atom. The quantitative estimate of drug-likeness (QED) is 0.829. The highest BCUT2D eigenvalue weighted by Crippen LogP contribution is 2.21. The number of aryl methyl sites for hydroxylation is 3. The molecule has 0 radical (unpaired) electrons. The molecule has 0 atom stereocenters. The van der Waals surface area contributed by atoms with Crippen LogP contribution in [0.5, 0.6) is 5.75 Å². The Hall–Kier alpha value is -2.50. The van der Waals surface area contributed by atoms with Gasteiger partial charge < -0.3 is 10.1 Å². The fraction of sp³-hybridized carbons (Fsp3) is 0.333. The van der Waals surface area contributed by atoms with Gasteiger partial charge in [0.1, 0.15) is 12.4 Å².